The van der Waals surface area contributed by atoms with Gasteiger partial charge in [0.05, 0.1) is 12.2 Å². The standard InChI is InChI=1S/C15H27NO/c1-12(2)14-8-7-13(3)17-15(14)11-16-9-5-4-6-10-16/h13-15H,1,4-11H2,2-3H3/t13-,14-,15+/m1/s1. The smallest absolute Gasteiger partial charge is 0.0770 e. The van der Waals surface area contributed by atoms with E-state index in [1.54, 1.807) is 0 Å². The first kappa shape index (κ1) is 13.1. The minimum atomic E-state index is 0.384. The summed E-state index contributed by atoms with van der Waals surface area (Å²) in [6.45, 7) is 12.1. The van der Waals surface area contributed by atoms with Crippen molar-refractivity contribution in [1.29, 1.82) is 0 Å². The van der Waals surface area contributed by atoms with Gasteiger partial charge in [-0.1, -0.05) is 18.6 Å². The summed E-state index contributed by atoms with van der Waals surface area (Å²) in [5, 5.41) is 0. The van der Waals surface area contributed by atoms with Crippen molar-refractivity contribution in [1.82, 2.24) is 4.90 Å². The van der Waals surface area contributed by atoms with Gasteiger partial charge in [0.1, 0.15) is 0 Å². The Morgan fingerprint density at radius 2 is 1.94 bits per heavy atom. The summed E-state index contributed by atoms with van der Waals surface area (Å²) in [7, 11) is 0. The number of rotatable bonds is 3. The van der Waals surface area contributed by atoms with E-state index in [2.05, 4.69) is 25.3 Å². The molecule has 2 heteroatoms. The lowest BCUT2D eigenvalue weighted by Gasteiger charge is -2.39. The Morgan fingerprint density at radius 3 is 2.59 bits per heavy atom. The number of ether oxygens (including phenoxy) is 1. The third-order valence-electron chi connectivity index (χ3n) is 4.26. The summed E-state index contributed by atoms with van der Waals surface area (Å²) in [4.78, 5) is 2.59. The van der Waals surface area contributed by atoms with Crippen LogP contribution >= 0.6 is 0 Å². The van der Waals surface area contributed by atoms with Crippen LogP contribution in [0.2, 0.25) is 0 Å². The number of hydrogen-bond donors (Lipinski definition) is 0. The molecule has 2 heterocycles. The molecule has 0 aromatic rings. The molecule has 0 unspecified atom stereocenters. The fraction of sp³-hybridized carbons (Fsp3) is 0.867. The van der Waals surface area contributed by atoms with Crippen molar-refractivity contribution in [2.45, 2.75) is 58.2 Å². The van der Waals surface area contributed by atoms with Crippen molar-refractivity contribution < 1.29 is 4.74 Å². The predicted octanol–water partition coefficient (Wildman–Crippen LogP) is 3.23. The normalized spacial score (nSPS) is 35.8. The van der Waals surface area contributed by atoms with E-state index in [4.69, 9.17) is 4.74 Å². The Bertz CT molecular complexity index is 258. The molecule has 2 saturated heterocycles. The van der Waals surface area contributed by atoms with Crippen molar-refractivity contribution in [3.05, 3.63) is 12.2 Å². The highest BCUT2D eigenvalue weighted by Crippen LogP contribution is 2.30. The van der Waals surface area contributed by atoms with Gasteiger partial charge in [-0.3, -0.25) is 0 Å². The Morgan fingerprint density at radius 1 is 1.24 bits per heavy atom. The first-order valence-electron chi connectivity index (χ1n) is 7.20. The minimum absolute atomic E-state index is 0.384. The van der Waals surface area contributed by atoms with E-state index >= 15 is 0 Å². The largest absolute Gasteiger partial charge is 0.373 e. The molecule has 0 N–H and O–H groups in total. The molecule has 0 saturated carbocycles. The Balaban J connectivity index is 1.92. The molecule has 3 atom stereocenters. The molecule has 2 fully saturated rings. The Hall–Kier alpha value is -0.340. The summed E-state index contributed by atoms with van der Waals surface area (Å²) >= 11 is 0. The molecule has 2 aliphatic heterocycles. The van der Waals surface area contributed by atoms with Crippen molar-refractivity contribution in [3.63, 3.8) is 0 Å². The maximum absolute atomic E-state index is 6.16. The molecular weight excluding hydrogens is 210 g/mol. The van der Waals surface area contributed by atoms with Gasteiger partial charge < -0.3 is 9.64 Å². The van der Waals surface area contributed by atoms with Gasteiger partial charge >= 0.3 is 0 Å². The second-order valence-corrected chi connectivity index (χ2v) is 5.88. The maximum atomic E-state index is 6.16. The maximum Gasteiger partial charge on any atom is 0.0770 e. The highest BCUT2D eigenvalue weighted by atomic mass is 16.5. The Kier molecular flexibility index (Phi) is 4.63. The second kappa shape index (κ2) is 6.01. The van der Waals surface area contributed by atoms with Gasteiger partial charge in [-0.25, -0.2) is 0 Å². The predicted molar refractivity (Wildman–Crippen MR) is 72.2 cm³/mol. The van der Waals surface area contributed by atoms with Crippen LogP contribution in [0.5, 0.6) is 0 Å². The van der Waals surface area contributed by atoms with Crippen molar-refractivity contribution in [2.75, 3.05) is 19.6 Å². The highest BCUT2D eigenvalue weighted by Gasteiger charge is 2.31. The molecular formula is C15H27NO. The van der Waals surface area contributed by atoms with Crippen LogP contribution in [0.4, 0.5) is 0 Å². The average molecular weight is 237 g/mol. The van der Waals surface area contributed by atoms with Crippen molar-refractivity contribution in [2.24, 2.45) is 5.92 Å². The van der Waals surface area contributed by atoms with E-state index in [9.17, 15) is 0 Å². The lowest BCUT2D eigenvalue weighted by atomic mass is 9.86. The van der Waals surface area contributed by atoms with E-state index < -0.39 is 0 Å². The summed E-state index contributed by atoms with van der Waals surface area (Å²) in [5.41, 5.74) is 1.30. The monoisotopic (exact) mass is 237 g/mol. The lowest BCUT2D eigenvalue weighted by molar-refractivity contribution is -0.0793. The number of likely N-dealkylation sites (tertiary alicyclic amines) is 1. The fourth-order valence-corrected chi connectivity index (χ4v) is 3.19. The van der Waals surface area contributed by atoms with Gasteiger partial charge in [0.15, 0.2) is 0 Å². The van der Waals surface area contributed by atoms with E-state index in [1.165, 1.54) is 50.8 Å². The number of hydrogen-bond acceptors (Lipinski definition) is 2. The third kappa shape index (κ3) is 3.56. The summed E-state index contributed by atoms with van der Waals surface area (Å²) < 4.78 is 6.16. The van der Waals surface area contributed by atoms with Crippen LogP contribution in [0.1, 0.15) is 46.0 Å². The summed E-state index contributed by atoms with van der Waals surface area (Å²) in [5.74, 6) is 0.577. The van der Waals surface area contributed by atoms with E-state index in [1.807, 2.05) is 0 Å². The van der Waals surface area contributed by atoms with Crippen LogP contribution in [0.15, 0.2) is 12.2 Å². The van der Waals surface area contributed by atoms with E-state index in [0.717, 1.165) is 6.54 Å². The zero-order chi connectivity index (χ0) is 12.3. The van der Waals surface area contributed by atoms with E-state index in [-0.39, 0.29) is 0 Å². The molecule has 0 aliphatic carbocycles. The minimum Gasteiger partial charge on any atom is -0.373 e. The van der Waals surface area contributed by atoms with Crippen LogP contribution in [-0.4, -0.2) is 36.7 Å². The number of nitrogens with zero attached hydrogens (tertiary/aromatic N) is 1. The lowest BCUT2D eigenvalue weighted by Crippen LogP contribution is -2.44. The molecule has 17 heavy (non-hydrogen) atoms. The van der Waals surface area contributed by atoms with Gasteiger partial charge in [-0.2, -0.15) is 0 Å². The van der Waals surface area contributed by atoms with Crippen LogP contribution in [0.3, 0.4) is 0 Å². The quantitative estimate of drug-likeness (QED) is 0.699. The van der Waals surface area contributed by atoms with Gasteiger partial charge in [0.25, 0.3) is 0 Å². The zero-order valence-corrected chi connectivity index (χ0v) is 11.5. The van der Waals surface area contributed by atoms with E-state index in [0.29, 0.717) is 18.1 Å². The van der Waals surface area contributed by atoms with Crippen LogP contribution in [0.25, 0.3) is 0 Å². The molecule has 0 amide bonds. The fourth-order valence-electron chi connectivity index (χ4n) is 3.19. The van der Waals surface area contributed by atoms with Crippen molar-refractivity contribution in [3.8, 4) is 0 Å². The summed E-state index contributed by atoms with van der Waals surface area (Å²) in [6, 6.07) is 0. The molecule has 2 rings (SSSR count). The van der Waals surface area contributed by atoms with Gasteiger partial charge in [-0.15, -0.1) is 0 Å². The molecule has 0 spiro atoms. The molecule has 2 nitrogen and oxygen atoms in total. The van der Waals surface area contributed by atoms with Gasteiger partial charge in [-0.05, 0) is 52.6 Å². The van der Waals surface area contributed by atoms with Crippen LogP contribution in [0, 0.1) is 5.92 Å². The van der Waals surface area contributed by atoms with Crippen molar-refractivity contribution >= 4 is 0 Å². The molecule has 0 aromatic heterocycles. The molecule has 0 bridgehead atoms. The molecule has 0 aromatic carbocycles. The molecule has 0 radical (unpaired) electrons. The highest BCUT2D eigenvalue weighted by molar-refractivity contribution is 5.02. The van der Waals surface area contributed by atoms with Gasteiger partial charge in [0.2, 0.25) is 0 Å². The number of piperidine rings is 1. The van der Waals surface area contributed by atoms with Crippen LogP contribution in [-0.2, 0) is 4.74 Å². The third-order valence-corrected chi connectivity index (χ3v) is 4.26. The van der Waals surface area contributed by atoms with Gasteiger partial charge in [0, 0.05) is 12.5 Å². The average Bonchev–Trinajstić information content (AvgIpc) is 2.30. The Labute approximate surface area is 106 Å². The first-order chi connectivity index (χ1) is 8.16. The first-order valence-corrected chi connectivity index (χ1v) is 7.20. The molecule has 2 aliphatic rings. The topological polar surface area (TPSA) is 12.5 Å². The van der Waals surface area contributed by atoms with Crippen LogP contribution < -0.4 is 0 Å². The summed E-state index contributed by atoms with van der Waals surface area (Å²) in [6.07, 6.45) is 7.39. The second-order valence-electron chi connectivity index (χ2n) is 5.88. The molecule has 98 valence electrons. The zero-order valence-electron chi connectivity index (χ0n) is 11.5. The SMILES string of the molecule is C=C(C)[C@H]1CC[C@@H](C)O[C@H]1CN1CCCCC1.